The van der Waals surface area contributed by atoms with Gasteiger partial charge in [0.15, 0.2) is 0 Å². The van der Waals surface area contributed by atoms with Crippen LogP contribution >= 0.6 is 0 Å². The minimum Gasteiger partial charge on any atom is -0.506 e. The minimum absolute atomic E-state index is 0.102. The number of hydrogen-bond acceptors (Lipinski definition) is 5. The standard InChI is InChI=1S/C8H7N3O2/c9-8-11-7(4-13-8)6-2-1-5(12)3-10-6/h1-4,12H,(H2,9,11). The molecule has 2 heterocycles. The highest BCUT2D eigenvalue weighted by atomic mass is 16.4. The number of oxazole rings is 1. The Balaban J connectivity index is 2.41. The highest BCUT2D eigenvalue weighted by Gasteiger charge is 2.04. The van der Waals surface area contributed by atoms with Crippen LogP contribution < -0.4 is 5.73 Å². The fourth-order valence-electron chi connectivity index (χ4n) is 0.943. The van der Waals surface area contributed by atoms with E-state index in [2.05, 4.69) is 9.97 Å². The molecule has 0 fully saturated rings. The van der Waals surface area contributed by atoms with E-state index in [-0.39, 0.29) is 11.8 Å². The van der Waals surface area contributed by atoms with Gasteiger partial charge < -0.3 is 15.3 Å². The lowest BCUT2D eigenvalue weighted by Crippen LogP contribution is -1.85. The molecule has 0 aliphatic rings. The van der Waals surface area contributed by atoms with E-state index in [0.29, 0.717) is 11.4 Å². The summed E-state index contributed by atoms with van der Waals surface area (Å²) < 4.78 is 4.81. The van der Waals surface area contributed by atoms with Crippen molar-refractivity contribution in [3.8, 4) is 17.1 Å². The second kappa shape index (κ2) is 2.78. The number of rotatable bonds is 1. The predicted molar refractivity (Wildman–Crippen MR) is 45.8 cm³/mol. The zero-order valence-corrected chi connectivity index (χ0v) is 6.64. The molecule has 2 rings (SSSR count). The van der Waals surface area contributed by atoms with E-state index in [4.69, 9.17) is 15.3 Å². The van der Waals surface area contributed by atoms with Gasteiger partial charge in [-0.3, -0.25) is 4.98 Å². The number of pyridine rings is 1. The van der Waals surface area contributed by atoms with Crippen LogP contribution in [-0.4, -0.2) is 15.1 Å². The largest absolute Gasteiger partial charge is 0.506 e. The zero-order chi connectivity index (χ0) is 9.26. The summed E-state index contributed by atoms with van der Waals surface area (Å²) in [6.07, 6.45) is 2.74. The maximum Gasteiger partial charge on any atom is 0.292 e. The van der Waals surface area contributed by atoms with Crippen molar-refractivity contribution in [2.45, 2.75) is 0 Å². The molecular formula is C8H7N3O2. The maximum atomic E-state index is 8.98. The summed E-state index contributed by atoms with van der Waals surface area (Å²) in [6, 6.07) is 3.25. The van der Waals surface area contributed by atoms with E-state index in [0.717, 1.165) is 0 Å². The Morgan fingerprint density at radius 1 is 1.31 bits per heavy atom. The molecule has 0 aliphatic carbocycles. The first-order chi connectivity index (χ1) is 6.25. The van der Waals surface area contributed by atoms with Crippen molar-refractivity contribution in [2.75, 3.05) is 5.73 Å². The Kier molecular flexibility index (Phi) is 1.63. The lowest BCUT2D eigenvalue weighted by atomic mass is 10.3. The normalized spacial score (nSPS) is 10.2. The molecule has 13 heavy (non-hydrogen) atoms. The third kappa shape index (κ3) is 1.44. The van der Waals surface area contributed by atoms with E-state index in [1.165, 1.54) is 18.5 Å². The van der Waals surface area contributed by atoms with Gasteiger partial charge in [0, 0.05) is 0 Å². The van der Waals surface area contributed by atoms with Crippen LogP contribution in [0.3, 0.4) is 0 Å². The zero-order valence-electron chi connectivity index (χ0n) is 6.64. The fraction of sp³-hybridized carbons (Fsp3) is 0. The summed E-state index contributed by atoms with van der Waals surface area (Å²) in [5, 5.41) is 8.98. The van der Waals surface area contributed by atoms with E-state index < -0.39 is 0 Å². The van der Waals surface area contributed by atoms with Crippen molar-refractivity contribution in [1.29, 1.82) is 0 Å². The molecular weight excluding hydrogens is 170 g/mol. The van der Waals surface area contributed by atoms with Crippen LogP contribution in [0.5, 0.6) is 5.75 Å². The van der Waals surface area contributed by atoms with Gasteiger partial charge in [-0.1, -0.05) is 0 Å². The first-order valence-corrected chi connectivity index (χ1v) is 3.62. The Bertz CT molecular complexity index is 408. The number of aromatic nitrogens is 2. The predicted octanol–water partition coefficient (Wildman–Crippen LogP) is 1.02. The molecule has 0 unspecified atom stereocenters. The van der Waals surface area contributed by atoms with Gasteiger partial charge in [-0.2, -0.15) is 4.98 Å². The van der Waals surface area contributed by atoms with Crippen LogP contribution in [0.25, 0.3) is 11.4 Å². The Morgan fingerprint density at radius 2 is 2.15 bits per heavy atom. The maximum absolute atomic E-state index is 8.98. The smallest absolute Gasteiger partial charge is 0.292 e. The Labute approximate surface area is 73.9 Å². The second-order valence-corrected chi connectivity index (χ2v) is 2.47. The summed E-state index contributed by atoms with van der Waals surface area (Å²) in [5.41, 5.74) is 6.45. The number of nitrogens with two attached hydrogens (primary N) is 1. The van der Waals surface area contributed by atoms with Gasteiger partial charge in [-0.15, -0.1) is 0 Å². The number of aromatic hydroxyl groups is 1. The Morgan fingerprint density at radius 3 is 2.69 bits per heavy atom. The van der Waals surface area contributed by atoms with Crippen molar-refractivity contribution in [2.24, 2.45) is 0 Å². The number of hydrogen-bond donors (Lipinski definition) is 2. The molecule has 3 N–H and O–H groups in total. The first kappa shape index (κ1) is 7.60. The van der Waals surface area contributed by atoms with Crippen LogP contribution in [0.1, 0.15) is 0 Å². The third-order valence-corrected chi connectivity index (χ3v) is 1.53. The van der Waals surface area contributed by atoms with Crippen molar-refractivity contribution in [3.05, 3.63) is 24.6 Å². The molecule has 5 heteroatoms. The van der Waals surface area contributed by atoms with Gasteiger partial charge >= 0.3 is 0 Å². The molecule has 66 valence electrons. The second-order valence-electron chi connectivity index (χ2n) is 2.47. The van der Waals surface area contributed by atoms with Crippen molar-refractivity contribution < 1.29 is 9.52 Å². The van der Waals surface area contributed by atoms with Crippen LogP contribution in [-0.2, 0) is 0 Å². The highest BCUT2D eigenvalue weighted by Crippen LogP contribution is 2.18. The van der Waals surface area contributed by atoms with Gasteiger partial charge in [0.25, 0.3) is 6.01 Å². The molecule has 0 saturated carbocycles. The molecule has 0 amide bonds. The van der Waals surface area contributed by atoms with Crippen LogP contribution in [0.2, 0.25) is 0 Å². The lowest BCUT2D eigenvalue weighted by molar-refractivity contribution is 0.473. The van der Waals surface area contributed by atoms with E-state index in [1.54, 1.807) is 6.07 Å². The molecule has 5 nitrogen and oxygen atoms in total. The third-order valence-electron chi connectivity index (χ3n) is 1.53. The summed E-state index contributed by atoms with van der Waals surface area (Å²) in [7, 11) is 0. The average Bonchev–Trinajstić information content (AvgIpc) is 2.53. The molecule has 0 saturated heterocycles. The molecule has 2 aromatic rings. The van der Waals surface area contributed by atoms with Gasteiger partial charge in [0.1, 0.15) is 17.7 Å². The summed E-state index contributed by atoms with van der Waals surface area (Å²) in [5.74, 6) is 0.111. The van der Waals surface area contributed by atoms with Crippen molar-refractivity contribution in [3.63, 3.8) is 0 Å². The summed E-state index contributed by atoms with van der Waals surface area (Å²) in [4.78, 5) is 7.81. The van der Waals surface area contributed by atoms with Crippen molar-refractivity contribution >= 4 is 6.01 Å². The highest BCUT2D eigenvalue weighted by molar-refractivity contribution is 5.54. The van der Waals surface area contributed by atoms with Crippen molar-refractivity contribution in [1.82, 2.24) is 9.97 Å². The van der Waals surface area contributed by atoms with Gasteiger partial charge in [0.05, 0.1) is 11.9 Å². The fourth-order valence-corrected chi connectivity index (χ4v) is 0.943. The molecule has 0 aliphatic heterocycles. The van der Waals surface area contributed by atoms with Gasteiger partial charge in [-0.25, -0.2) is 0 Å². The molecule has 0 bridgehead atoms. The van der Waals surface area contributed by atoms with Gasteiger partial charge in [0.2, 0.25) is 0 Å². The van der Waals surface area contributed by atoms with Crippen LogP contribution in [0.15, 0.2) is 29.0 Å². The van der Waals surface area contributed by atoms with Crippen LogP contribution in [0, 0.1) is 0 Å². The first-order valence-electron chi connectivity index (χ1n) is 3.62. The SMILES string of the molecule is Nc1nc(-c2ccc(O)cn2)co1. The molecule has 0 spiro atoms. The molecule has 0 aromatic carbocycles. The topological polar surface area (TPSA) is 85.2 Å². The van der Waals surface area contributed by atoms with E-state index >= 15 is 0 Å². The minimum atomic E-state index is 0.102. The molecule has 2 aromatic heterocycles. The van der Waals surface area contributed by atoms with Gasteiger partial charge in [-0.05, 0) is 12.1 Å². The molecule has 0 atom stereocenters. The summed E-state index contributed by atoms with van der Waals surface area (Å²) in [6.45, 7) is 0. The number of anilines is 1. The summed E-state index contributed by atoms with van der Waals surface area (Å²) >= 11 is 0. The van der Waals surface area contributed by atoms with E-state index in [9.17, 15) is 0 Å². The molecule has 0 radical (unpaired) electrons. The van der Waals surface area contributed by atoms with Crippen LogP contribution in [0.4, 0.5) is 6.01 Å². The average molecular weight is 177 g/mol. The number of nitrogen functional groups attached to an aromatic ring is 1. The quantitative estimate of drug-likeness (QED) is 0.679. The van der Waals surface area contributed by atoms with E-state index in [1.807, 2.05) is 0 Å². The number of nitrogens with zero attached hydrogens (tertiary/aromatic N) is 2. The Hall–Kier alpha value is -2.04. The lowest BCUT2D eigenvalue weighted by Gasteiger charge is -1.93. The monoisotopic (exact) mass is 177 g/mol.